The number of hydrogen-bond acceptors (Lipinski definition) is 5. The lowest BCUT2D eigenvalue weighted by atomic mass is 10.0. The number of piperidine rings is 1. The number of carbonyl (C=O) groups is 1. The summed E-state index contributed by atoms with van der Waals surface area (Å²) in [6.07, 6.45) is 4.04. The Morgan fingerprint density at radius 1 is 1.25 bits per heavy atom. The molecule has 0 radical (unpaired) electrons. The van der Waals surface area contributed by atoms with Gasteiger partial charge in [-0.05, 0) is 56.7 Å². The van der Waals surface area contributed by atoms with Gasteiger partial charge in [-0.25, -0.2) is 14.8 Å². The van der Waals surface area contributed by atoms with Crippen LogP contribution >= 0.6 is 0 Å². The van der Waals surface area contributed by atoms with Crippen LogP contribution in [0.1, 0.15) is 46.5 Å². The van der Waals surface area contributed by atoms with Crippen LogP contribution in [-0.2, 0) is 0 Å². The van der Waals surface area contributed by atoms with Crippen molar-refractivity contribution in [3.63, 3.8) is 0 Å². The van der Waals surface area contributed by atoms with E-state index < -0.39 is 0 Å². The summed E-state index contributed by atoms with van der Waals surface area (Å²) >= 11 is 0. The fraction of sp³-hybridized carbons (Fsp3) is 0.571. The third kappa shape index (κ3) is 3.84. The number of aromatic nitrogens is 1. The number of amides is 2. The predicted octanol–water partition coefficient (Wildman–Crippen LogP) is 3.75. The van der Waals surface area contributed by atoms with Crippen LogP contribution in [0.2, 0.25) is 0 Å². The third-order valence-electron chi connectivity index (χ3n) is 5.82. The van der Waals surface area contributed by atoms with Crippen molar-refractivity contribution < 1.29 is 4.79 Å². The lowest BCUT2D eigenvalue weighted by Crippen LogP contribution is -2.43. The highest BCUT2D eigenvalue weighted by Crippen LogP contribution is 2.31. The molecule has 3 aliphatic rings. The summed E-state index contributed by atoms with van der Waals surface area (Å²) in [5, 5.41) is 6.41. The monoisotopic (exact) mass is 382 g/mol. The number of nitrogens with zero attached hydrogens (tertiary/aromatic N) is 4. The van der Waals surface area contributed by atoms with Crippen molar-refractivity contribution in [2.75, 3.05) is 41.3 Å². The molecule has 3 aliphatic heterocycles. The lowest BCUT2D eigenvalue weighted by molar-refractivity contribution is 0.250. The van der Waals surface area contributed by atoms with Gasteiger partial charge in [-0.1, -0.05) is 6.92 Å². The molecule has 1 unspecified atom stereocenters. The highest BCUT2D eigenvalue weighted by atomic mass is 16.2. The number of hydrogen-bond donors (Lipinski definition) is 2. The zero-order chi connectivity index (χ0) is 19.7. The molecule has 1 aromatic rings. The molecule has 7 heteroatoms. The van der Waals surface area contributed by atoms with Crippen molar-refractivity contribution in [3.8, 4) is 0 Å². The molecule has 0 bridgehead atoms. The molecular weight excluding hydrogens is 352 g/mol. The number of amidine groups is 1. The highest BCUT2D eigenvalue weighted by molar-refractivity contribution is 6.07. The minimum Gasteiger partial charge on any atom is -0.382 e. The Morgan fingerprint density at radius 3 is 2.86 bits per heavy atom. The number of allylic oxidation sites excluding steroid dienone is 1. The molecule has 1 fully saturated rings. The maximum atomic E-state index is 13.1. The number of urea groups is 1. The van der Waals surface area contributed by atoms with Gasteiger partial charge in [-0.2, -0.15) is 0 Å². The van der Waals surface area contributed by atoms with Crippen LogP contribution in [0.5, 0.6) is 0 Å². The summed E-state index contributed by atoms with van der Waals surface area (Å²) in [6, 6.07) is 3.98. The smallest absolute Gasteiger partial charge is 0.328 e. The third-order valence-corrected chi connectivity index (χ3v) is 5.82. The highest BCUT2D eigenvalue weighted by Gasteiger charge is 2.26. The van der Waals surface area contributed by atoms with Crippen LogP contribution < -0.4 is 20.4 Å². The second-order valence-electron chi connectivity index (χ2n) is 8.20. The first kappa shape index (κ1) is 18.8. The van der Waals surface area contributed by atoms with Crippen LogP contribution in [0.4, 0.5) is 22.1 Å². The molecule has 7 nitrogen and oxygen atoms in total. The number of nitrogens with one attached hydrogen (secondary N) is 2. The number of pyridine rings is 1. The maximum absolute atomic E-state index is 13.1. The molecule has 2 amide bonds. The zero-order valence-electron chi connectivity index (χ0n) is 17.1. The van der Waals surface area contributed by atoms with Gasteiger partial charge in [0.05, 0.1) is 5.69 Å². The normalized spacial score (nSPS) is 22.4. The minimum atomic E-state index is -0.150. The van der Waals surface area contributed by atoms with Gasteiger partial charge in [0.15, 0.2) is 5.82 Å². The SMILES string of the molecule is CC1=C(C)N=C(NC(=O)N2CCCNc3ccc(N4CCCC(C)C4)nc32)C1. The van der Waals surface area contributed by atoms with Crippen molar-refractivity contribution in [1.29, 1.82) is 0 Å². The van der Waals surface area contributed by atoms with E-state index in [0.717, 1.165) is 49.1 Å². The summed E-state index contributed by atoms with van der Waals surface area (Å²) in [6.45, 7) is 9.83. The van der Waals surface area contributed by atoms with Crippen LogP contribution in [0.25, 0.3) is 0 Å². The molecule has 2 N–H and O–H groups in total. The van der Waals surface area contributed by atoms with Gasteiger partial charge in [0.25, 0.3) is 0 Å². The molecule has 1 aromatic heterocycles. The van der Waals surface area contributed by atoms with E-state index >= 15 is 0 Å². The molecular formula is C21H30N6O. The van der Waals surface area contributed by atoms with Gasteiger partial charge >= 0.3 is 6.03 Å². The number of fused-ring (bicyclic) bond motifs is 1. The Bertz CT molecular complexity index is 830. The van der Waals surface area contributed by atoms with E-state index in [1.807, 2.05) is 6.92 Å². The van der Waals surface area contributed by atoms with E-state index in [-0.39, 0.29) is 6.03 Å². The van der Waals surface area contributed by atoms with Gasteiger partial charge in [0.2, 0.25) is 0 Å². The van der Waals surface area contributed by atoms with E-state index in [0.29, 0.717) is 24.7 Å². The van der Waals surface area contributed by atoms with Crippen LogP contribution in [0, 0.1) is 5.92 Å². The molecule has 4 heterocycles. The quantitative estimate of drug-likeness (QED) is 0.776. The van der Waals surface area contributed by atoms with Crippen LogP contribution in [0.15, 0.2) is 28.4 Å². The van der Waals surface area contributed by atoms with Crippen molar-refractivity contribution >= 4 is 29.2 Å². The van der Waals surface area contributed by atoms with Gasteiger partial charge in [-0.3, -0.25) is 10.2 Å². The summed E-state index contributed by atoms with van der Waals surface area (Å²) in [4.78, 5) is 26.6. The van der Waals surface area contributed by atoms with Gasteiger partial charge < -0.3 is 10.2 Å². The molecule has 4 rings (SSSR count). The molecule has 1 atom stereocenters. The Kier molecular flexibility index (Phi) is 5.24. The Balaban J connectivity index is 1.57. The van der Waals surface area contributed by atoms with Crippen molar-refractivity contribution in [2.45, 2.75) is 46.5 Å². The zero-order valence-corrected chi connectivity index (χ0v) is 17.1. The van der Waals surface area contributed by atoms with Gasteiger partial charge in [0, 0.05) is 38.3 Å². The number of rotatable bonds is 1. The van der Waals surface area contributed by atoms with Crippen molar-refractivity contribution in [3.05, 3.63) is 23.4 Å². The Hall–Kier alpha value is -2.57. The van der Waals surface area contributed by atoms with Gasteiger partial charge in [-0.15, -0.1) is 0 Å². The topological polar surface area (TPSA) is 72.9 Å². The molecule has 150 valence electrons. The molecule has 1 saturated heterocycles. The van der Waals surface area contributed by atoms with E-state index in [4.69, 9.17) is 4.98 Å². The summed E-state index contributed by atoms with van der Waals surface area (Å²) in [7, 11) is 0. The second kappa shape index (κ2) is 7.81. The van der Waals surface area contributed by atoms with Crippen LogP contribution in [0.3, 0.4) is 0 Å². The first-order chi connectivity index (χ1) is 13.5. The lowest BCUT2D eigenvalue weighted by Gasteiger charge is -2.32. The average molecular weight is 383 g/mol. The van der Waals surface area contributed by atoms with E-state index in [9.17, 15) is 4.79 Å². The molecule has 0 spiro atoms. The predicted molar refractivity (Wildman–Crippen MR) is 114 cm³/mol. The van der Waals surface area contributed by atoms with E-state index in [1.165, 1.54) is 18.4 Å². The summed E-state index contributed by atoms with van der Waals surface area (Å²) in [5.41, 5.74) is 3.11. The fourth-order valence-corrected chi connectivity index (χ4v) is 4.10. The van der Waals surface area contributed by atoms with E-state index in [2.05, 4.69) is 46.5 Å². The summed E-state index contributed by atoms with van der Waals surface area (Å²) in [5.74, 6) is 3.06. The molecule has 0 saturated carbocycles. The molecule has 28 heavy (non-hydrogen) atoms. The number of carbonyl (C=O) groups excluding carboxylic acids is 1. The first-order valence-corrected chi connectivity index (χ1v) is 10.3. The average Bonchev–Trinajstić information content (AvgIpc) is 2.87. The number of aliphatic imine (C=N–C) groups is 1. The van der Waals surface area contributed by atoms with Crippen molar-refractivity contribution in [1.82, 2.24) is 10.3 Å². The van der Waals surface area contributed by atoms with Crippen LogP contribution in [-0.4, -0.2) is 43.0 Å². The Morgan fingerprint density at radius 2 is 2.11 bits per heavy atom. The standard InChI is InChI=1S/C21H30N6O/c1-14-6-4-10-26(13-14)19-8-7-17-20(25-19)27(11-5-9-22-17)21(28)24-18-12-15(2)16(3)23-18/h7-8,14,22H,4-6,9-13H2,1-3H3,(H,23,24,28). The fourth-order valence-electron chi connectivity index (χ4n) is 4.10. The Labute approximate surface area is 166 Å². The van der Waals surface area contributed by atoms with Crippen molar-refractivity contribution in [2.24, 2.45) is 10.9 Å². The summed E-state index contributed by atoms with van der Waals surface area (Å²) < 4.78 is 0. The second-order valence-corrected chi connectivity index (χ2v) is 8.20. The molecule has 0 aromatic carbocycles. The maximum Gasteiger partial charge on any atom is 0.328 e. The minimum absolute atomic E-state index is 0.150. The molecule has 0 aliphatic carbocycles. The first-order valence-electron chi connectivity index (χ1n) is 10.3. The van der Waals surface area contributed by atoms with E-state index in [1.54, 1.807) is 4.90 Å². The largest absolute Gasteiger partial charge is 0.382 e. The van der Waals surface area contributed by atoms with Gasteiger partial charge in [0.1, 0.15) is 11.7 Å². The number of anilines is 3.